The predicted molar refractivity (Wildman–Crippen MR) is 107 cm³/mol. The molecule has 0 aliphatic carbocycles. The average Bonchev–Trinajstić information content (AvgIpc) is 3.21. The third kappa shape index (κ3) is 4.22. The highest BCUT2D eigenvalue weighted by Gasteiger charge is 2.32. The van der Waals surface area contributed by atoms with Crippen LogP contribution in [0.3, 0.4) is 0 Å². The molecule has 2 aromatic carbocycles. The van der Waals surface area contributed by atoms with E-state index in [9.17, 15) is 9.59 Å². The lowest BCUT2D eigenvalue weighted by atomic mass is 10.0. The molecule has 0 aromatic heterocycles. The summed E-state index contributed by atoms with van der Waals surface area (Å²) in [7, 11) is 3.20. The van der Waals surface area contributed by atoms with Gasteiger partial charge in [-0.05, 0) is 37.1 Å². The van der Waals surface area contributed by atoms with Crippen molar-refractivity contribution in [3.05, 3.63) is 58.6 Å². The third-order valence-corrected chi connectivity index (χ3v) is 5.22. The topological polar surface area (TPSA) is 67.9 Å². The van der Waals surface area contributed by atoms with Crippen molar-refractivity contribution in [2.75, 3.05) is 27.3 Å². The Hall–Kier alpha value is -2.73. The zero-order chi connectivity index (χ0) is 20.1. The van der Waals surface area contributed by atoms with Gasteiger partial charge in [0.1, 0.15) is 11.5 Å². The molecule has 1 aliphatic heterocycles. The molecule has 1 N–H and O–H groups in total. The first kappa shape index (κ1) is 20.0. The first-order chi connectivity index (χ1) is 13.5. The highest BCUT2D eigenvalue weighted by atomic mass is 35.5. The van der Waals surface area contributed by atoms with Gasteiger partial charge in [0, 0.05) is 18.2 Å². The molecule has 0 bridgehead atoms. The summed E-state index contributed by atoms with van der Waals surface area (Å²) in [5, 5.41) is 3.03. The fourth-order valence-electron chi connectivity index (χ4n) is 3.48. The van der Waals surface area contributed by atoms with Gasteiger partial charge in [0.15, 0.2) is 0 Å². The van der Waals surface area contributed by atoms with Crippen molar-refractivity contribution >= 4 is 23.4 Å². The Kier molecular flexibility index (Phi) is 6.41. The fraction of sp³-hybridized carbons (Fsp3) is 0.333. The van der Waals surface area contributed by atoms with Gasteiger partial charge in [0.2, 0.25) is 5.91 Å². The van der Waals surface area contributed by atoms with Gasteiger partial charge in [-0.25, -0.2) is 0 Å². The van der Waals surface area contributed by atoms with Crippen molar-refractivity contribution in [1.82, 2.24) is 10.2 Å². The maximum Gasteiger partial charge on any atom is 0.253 e. The minimum absolute atomic E-state index is 0.0843. The van der Waals surface area contributed by atoms with Crippen LogP contribution < -0.4 is 14.8 Å². The summed E-state index contributed by atoms with van der Waals surface area (Å²) in [5.74, 6) is 0.880. The van der Waals surface area contributed by atoms with Crippen LogP contribution in [0.5, 0.6) is 11.5 Å². The van der Waals surface area contributed by atoms with E-state index in [1.165, 1.54) is 0 Å². The van der Waals surface area contributed by atoms with Crippen LogP contribution in [0.1, 0.15) is 34.8 Å². The van der Waals surface area contributed by atoms with Crippen LogP contribution in [-0.2, 0) is 4.79 Å². The number of methoxy groups -OCH3 is 2. The van der Waals surface area contributed by atoms with E-state index in [2.05, 4.69) is 5.32 Å². The molecule has 28 heavy (non-hydrogen) atoms. The van der Waals surface area contributed by atoms with E-state index in [-0.39, 0.29) is 24.4 Å². The molecule has 2 amide bonds. The molecule has 1 heterocycles. The molecule has 6 nitrogen and oxygen atoms in total. The number of nitrogens with zero attached hydrogens (tertiary/aromatic N) is 1. The molecule has 2 aromatic rings. The van der Waals surface area contributed by atoms with Gasteiger partial charge in [-0.1, -0.05) is 23.7 Å². The van der Waals surface area contributed by atoms with Gasteiger partial charge in [-0.2, -0.15) is 0 Å². The normalized spacial score (nSPS) is 16.0. The van der Waals surface area contributed by atoms with Crippen LogP contribution in [0.25, 0.3) is 0 Å². The quantitative estimate of drug-likeness (QED) is 0.803. The number of rotatable bonds is 6. The van der Waals surface area contributed by atoms with Gasteiger partial charge >= 0.3 is 0 Å². The predicted octanol–water partition coefficient (Wildman–Crippen LogP) is 3.45. The van der Waals surface area contributed by atoms with E-state index >= 15 is 0 Å². The summed E-state index contributed by atoms with van der Waals surface area (Å²) in [5.41, 5.74) is 1.29. The largest absolute Gasteiger partial charge is 0.497 e. The standard InChI is InChI=1S/C21H23ClN2O4/c1-27-14-9-10-16(19(12-14)28-2)18-8-5-11-24(18)20(25)13-23-21(26)15-6-3-4-7-17(15)22/h3-4,6-7,9-10,12,18H,5,8,11,13H2,1-2H3,(H,23,26)/t18-/m0/s1. The van der Waals surface area contributed by atoms with Gasteiger partial charge < -0.3 is 19.7 Å². The van der Waals surface area contributed by atoms with Crippen molar-refractivity contribution in [2.45, 2.75) is 18.9 Å². The van der Waals surface area contributed by atoms with E-state index in [1.807, 2.05) is 18.2 Å². The molecular formula is C21H23ClN2O4. The van der Waals surface area contributed by atoms with Crippen molar-refractivity contribution in [3.63, 3.8) is 0 Å². The molecule has 1 saturated heterocycles. The van der Waals surface area contributed by atoms with Gasteiger partial charge in [-0.3, -0.25) is 9.59 Å². The SMILES string of the molecule is COc1ccc([C@@H]2CCCN2C(=O)CNC(=O)c2ccccc2Cl)c(OC)c1. The van der Waals surface area contributed by atoms with Gasteiger partial charge in [0.05, 0.1) is 37.4 Å². The summed E-state index contributed by atoms with van der Waals surface area (Å²) in [6, 6.07) is 12.3. The Morgan fingerprint density at radius 1 is 1.18 bits per heavy atom. The molecular weight excluding hydrogens is 380 g/mol. The second-order valence-corrected chi connectivity index (χ2v) is 6.92. The Balaban J connectivity index is 1.70. The Morgan fingerprint density at radius 3 is 2.68 bits per heavy atom. The average molecular weight is 403 g/mol. The van der Waals surface area contributed by atoms with E-state index in [1.54, 1.807) is 43.4 Å². The molecule has 1 fully saturated rings. The molecule has 0 saturated carbocycles. The summed E-state index contributed by atoms with van der Waals surface area (Å²) in [4.78, 5) is 26.9. The van der Waals surface area contributed by atoms with Crippen molar-refractivity contribution < 1.29 is 19.1 Å². The lowest BCUT2D eigenvalue weighted by Crippen LogP contribution is -2.40. The maximum atomic E-state index is 12.8. The van der Waals surface area contributed by atoms with E-state index < -0.39 is 0 Å². The van der Waals surface area contributed by atoms with Crippen LogP contribution in [0, 0.1) is 0 Å². The Bertz CT molecular complexity index is 871. The van der Waals surface area contributed by atoms with E-state index in [4.69, 9.17) is 21.1 Å². The summed E-state index contributed by atoms with van der Waals surface area (Å²) in [6.45, 7) is 0.555. The van der Waals surface area contributed by atoms with Crippen LogP contribution in [0.4, 0.5) is 0 Å². The van der Waals surface area contributed by atoms with Crippen molar-refractivity contribution in [1.29, 1.82) is 0 Å². The molecule has 0 radical (unpaired) electrons. The van der Waals surface area contributed by atoms with Crippen molar-refractivity contribution in [2.24, 2.45) is 0 Å². The van der Waals surface area contributed by atoms with Crippen LogP contribution >= 0.6 is 11.6 Å². The van der Waals surface area contributed by atoms with Crippen LogP contribution in [0.15, 0.2) is 42.5 Å². The molecule has 3 rings (SSSR count). The minimum Gasteiger partial charge on any atom is -0.497 e. The Labute approximate surface area is 169 Å². The first-order valence-corrected chi connectivity index (χ1v) is 9.47. The van der Waals surface area contributed by atoms with Gasteiger partial charge in [-0.15, -0.1) is 0 Å². The smallest absolute Gasteiger partial charge is 0.253 e. The number of carbonyl (C=O) groups is 2. The number of halogens is 1. The number of benzene rings is 2. The number of nitrogens with one attached hydrogen (secondary N) is 1. The highest BCUT2D eigenvalue weighted by molar-refractivity contribution is 6.33. The summed E-state index contributed by atoms with van der Waals surface area (Å²) >= 11 is 6.04. The Morgan fingerprint density at radius 2 is 1.96 bits per heavy atom. The number of ether oxygens (including phenoxy) is 2. The number of hydrogen-bond acceptors (Lipinski definition) is 4. The second kappa shape index (κ2) is 8.97. The molecule has 7 heteroatoms. The molecule has 0 spiro atoms. The summed E-state index contributed by atoms with van der Waals surface area (Å²) in [6.07, 6.45) is 1.73. The van der Waals surface area contributed by atoms with Gasteiger partial charge in [0.25, 0.3) is 5.91 Å². The number of carbonyl (C=O) groups excluding carboxylic acids is 2. The molecule has 0 unspecified atom stereocenters. The number of hydrogen-bond donors (Lipinski definition) is 1. The highest BCUT2D eigenvalue weighted by Crippen LogP contribution is 2.38. The zero-order valence-corrected chi connectivity index (χ0v) is 16.7. The maximum absolute atomic E-state index is 12.8. The fourth-order valence-corrected chi connectivity index (χ4v) is 3.70. The van der Waals surface area contributed by atoms with E-state index in [0.29, 0.717) is 28.6 Å². The molecule has 1 atom stereocenters. The zero-order valence-electron chi connectivity index (χ0n) is 15.9. The number of amides is 2. The second-order valence-electron chi connectivity index (χ2n) is 6.52. The first-order valence-electron chi connectivity index (χ1n) is 9.09. The third-order valence-electron chi connectivity index (χ3n) is 4.89. The molecule has 1 aliphatic rings. The lowest BCUT2D eigenvalue weighted by molar-refractivity contribution is -0.131. The van der Waals surface area contributed by atoms with E-state index in [0.717, 1.165) is 18.4 Å². The van der Waals surface area contributed by atoms with Crippen LogP contribution in [0.2, 0.25) is 5.02 Å². The van der Waals surface area contributed by atoms with Crippen LogP contribution in [-0.4, -0.2) is 44.0 Å². The minimum atomic E-state index is -0.364. The van der Waals surface area contributed by atoms with Crippen molar-refractivity contribution in [3.8, 4) is 11.5 Å². The number of likely N-dealkylation sites (tertiary alicyclic amines) is 1. The molecule has 148 valence electrons. The summed E-state index contributed by atoms with van der Waals surface area (Å²) < 4.78 is 10.7. The lowest BCUT2D eigenvalue weighted by Gasteiger charge is -2.26. The monoisotopic (exact) mass is 402 g/mol.